The van der Waals surface area contributed by atoms with Gasteiger partial charge in [0.05, 0.1) is 21.1 Å². The number of rotatable bonds is 5. The van der Waals surface area contributed by atoms with Gasteiger partial charge >= 0.3 is 0 Å². The smallest absolute Gasteiger partial charge is 0.243 e. The van der Waals surface area contributed by atoms with Crippen LogP contribution in [0.5, 0.6) is 0 Å². The van der Waals surface area contributed by atoms with E-state index in [0.717, 1.165) is 0 Å². The number of quaternary nitrogens is 1. The Bertz CT molecular complexity index is 185. The van der Waals surface area contributed by atoms with Crippen LogP contribution < -0.4 is 5.32 Å². The molecule has 0 aliphatic heterocycles. The Morgan fingerprint density at radius 2 is 2.15 bits per heavy atom. The Morgan fingerprint density at radius 1 is 1.62 bits per heavy atom. The molecular weight excluding hydrogens is 168 g/mol. The van der Waals surface area contributed by atoms with E-state index in [1.807, 2.05) is 21.1 Å². The lowest BCUT2D eigenvalue weighted by molar-refractivity contribution is -0.873. The molecule has 0 heterocycles. The van der Waals surface area contributed by atoms with Crippen LogP contribution in [-0.2, 0) is 4.79 Å². The van der Waals surface area contributed by atoms with Crippen LogP contribution in [0, 0.1) is 0 Å². The molecule has 0 aromatic carbocycles. The fraction of sp³-hybridized carbons (Fsp3) is 0.667. The van der Waals surface area contributed by atoms with Gasteiger partial charge in [-0.25, -0.2) is 0 Å². The summed E-state index contributed by atoms with van der Waals surface area (Å²) in [6, 6.07) is 0. The lowest BCUT2D eigenvalue weighted by Crippen LogP contribution is -2.45. The lowest BCUT2D eigenvalue weighted by Gasteiger charge is -2.26. The van der Waals surface area contributed by atoms with Crippen LogP contribution in [0.25, 0.3) is 0 Å². The molecule has 0 spiro atoms. The number of likely N-dealkylation sites (N-methyl/N-ethyl adjacent to an activating group) is 1. The first kappa shape index (κ1) is 12.1. The third kappa shape index (κ3) is 7.49. The molecule has 0 aliphatic rings. The average molecular weight is 187 g/mol. The van der Waals surface area contributed by atoms with E-state index < -0.39 is 6.10 Å². The van der Waals surface area contributed by atoms with Crippen LogP contribution in [0.15, 0.2) is 12.7 Å². The molecule has 0 aliphatic carbocycles. The number of hydrogen-bond donors (Lipinski definition) is 2. The number of carbonyl (C=O) groups is 1. The molecule has 1 amide bonds. The van der Waals surface area contributed by atoms with Crippen LogP contribution >= 0.6 is 0 Å². The SMILES string of the molecule is C=CC(=O)NCC(O)C[N+](C)(C)C. The fourth-order valence-electron chi connectivity index (χ4n) is 0.987. The summed E-state index contributed by atoms with van der Waals surface area (Å²) in [7, 11) is 5.95. The number of nitrogens with one attached hydrogen (secondary N) is 1. The summed E-state index contributed by atoms with van der Waals surface area (Å²) in [5, 5.41) is 12.0. The Morgan fingerprint density at radius 3 is 2.54 bits per heavy atom. The standard InChI is InChI=1S/C9H18N2O2/c1-5-9(13)10-6-8(12)7-11(2,3)4/h5,8,12H,1,6-7H2,2-4H3/p+1. The summed E-state index contributed by atoms with van der Waals surface area (Å²) >= 11 is 0. The molecule has 2 N–H and O–H groups in total. The molecule has 13 heavy (non-hydrogen) atoms. The normalized spacial score (nSPS) is 13.5. The maximum Gasteiger partial charge on any atom is 0.243 e. The third-order valence-corrected chi connectivity index (χ3v) is 1.46. The van der Waals surface area contributed by atoms with Crippen molar-refractivity contribution in [2.24, 2.45) is 0 Å². The number of hydrogen-bond acceptors (Lipinski definition) is 2. The minimum Gasteiger partial charge on any atom is -0.385 e. The molecule has 0 fully saturated rings. The van der Waals surface area contributed by atoms with Crippen molar-refractivity contribution in [2.45, 2.75) is 6.10 Å². The zero-order valence-electron chi connectivity index (χ0n) is 8.58. The van der Waals surface area contributed by atoms with Gasteiger partial charge in [0, 0.05) is 6.54 Å². The second kappa shape index (κ2) is 4.99. The molecule has 1 unspecified atom stereocenters. The molecule has 1 atom stereocenters. The molecular formula is C9H19N2O2+. The molecule has 76 valence electrons. The Kier molecular flexibility index (Phi) is 4.66. The van der Waals surface area contributed by atoms with Crippen molar-refractivity contribution >= 4 is 5.91 Å². The molecule has 0 rings (SSSR count). The molecule has 0 aromatic heterocycles. The van der Waals surface area contributed by atoms with Gasteiger partial charge in [-0.05, 0) is 6.08 Å². The summed E-state index contributed by atoms with van der Waals surface area (Å²) in [6.45, 7) is 4.20. The number of nitrogens with zero attached hydrogens (tertiary/aromatic N) is 1. The van der Waals surface area contributed by atoms with E-state index in [1.54, 1.807) is 0 Å². The Labute approximate surface area is 79.4 Å². The average Bonchev–Trinajstić information content (AvgIpc) is 1.97. The van der Waals surface area contributed by atoms with Crippen molar-refractivity contribution in [1.29, 1.82) is 0 Å². The van der Waals surface area contributed by atoms with Crippen molar-refractivity contribution in [3.63, 3.8) is 0 Å². The lowest BCUT2D eigenvalue weighted by atomic mass is 10.3. The van der Waals surface area contributed by atoms with Crippen molar-refractivity contribution < 1.29 is 14.4 Å². The molecule has 0 saturated carbocycles. The number of amides is 1. The molecule has 0 aromatic rings. The topological polar surface area (TPSA) is 49.3 Å². The zero-order chi connectivity index (χ0) is 10.5. The van der Waals surface area contributed by atoms with Gasteiger partial charge in [-0.15, -0.1) is 0 Å². The largest absolute Gasteiger partial charge is 0.385 e. The van der Waals surface area contributed by atoms with Gasteiger partial charge < -0.3 is 14.9 Å². The highest BCUT2D eigenvalue weighted by atomic mass is 16.3. The maximum atomic E-state index is 10.7. The quantitative estimate of drug-likeness (QED) is 0.444. The Hall–Kier alpha value is -0.870. The first-order chi connectivity index (χ1) is 5.85. The molecule has 0 radical (unpaired) electrons. The van der Waals surface area contributed by atoms with Gasteiger partial charge in [0.1, 0.15) is 12.6 Å². The summed E-state index contributed by atoms with van der Waals surface area (Å²) in [5.74, 6) is -0.250. The van der Waals surface area contributed by atoms with E-state index >= 15 is 0 Å². The highest BCUT2D eigenvalue weighted by Gasteiger charge is 2.15. The summed E-state index contributed by atoms with van der Waals surface area (Å²) < 4.78 is 0.672. The molecule has 0 bridgehead atoms. The predicted octanol–water partition coefficient (Wildman–Crippen LogP) is -0.644. The first-order valence-corrected chi connectivity index (χ1v) is 4.24. The van der Waals surface area contributed by atoms with E-state index in [-0.39, 0.29) is 12.5 Å². The minimum absolute atomic E-state index is 0.250. The fourth-order valence-corrected chi connectivity index (χ4v) is 0.987. The van der Waals surface area contributed by atoms with Gasteiger partial charge in [-0.1, -0.05) is 6.58 Å². The van der Waals surface area contributed by atoms with Gasteiger partial charge in [0.25, 0.3) is 0 Å². The van der Waals surface area contributed by atoms with Crippen LogP contribution in [0.4, 0.5) is 0 Å². The molecule has 0 saturated heterocycles. The number of aliphatic hydroxyl groups excluding tert-OH is 1. The number of carbonyl (C=O) groups excluding carboxylic acids is 1. The van der Waals surface area contributed by atoms with Crippen molar-refractivity contribution in [2.75, 3.05) is 34.2 Å². The van der Waals surface area contributed by atoms with Gasteiger partial charge in [-0.2, -0.15) is 0 Å². The van der Waals surface area contributed by atoms with E-state index in [9.17, 15) is 9.90 Å². The minimum atomic E-state index is -0.510. The second-order valence-corrected chi connectivity index (χ2v) is 4.08. The Balaban J connectivity index is 3.69. The van der Waals surface area contributed by atoms with Crippen molar-refractivity contribution in [3.8, 4) is 0 Å². The summed E-state index contributed by atoms with van der Waals surface area (Å²) in [5.41, 5.74) is 0. The summed E-state index contributed by atoms with van der Waals surface area (Å²) in [4.78, 5) is 10.7. The third-order valence-electron chi connectivity index (χ3n) is 1.46. The van der Waals surface area contributed by atoms with E-state index in [0.29, 0.717) is 11.0 Å². The van der Waals surface area contributed by atoms with E-state index in [4.69, 9.17) is 0 Å². The van der Waals surface area contributed by atoms with Gasteiger partial charge in [0.15, 0.2) is 0 Å². The first-order valence-electron chi connectivity index (χ1n) is 4.24. The number of aliphatic hydroxyl groups is 1. The van der Waals surface area contributed by atoms with Crippen LogP contribution in [0.2, 0.25) is 0 Å². The molecule has 4 heteroatoms. The van der Waals surface area contributed by atoms with Crippen LogP contribution in [-0.4, -0.2) is 55.8 Å². The summed E-state index contributed by atoms with van der Waals surface area (Å²) in [6.07, 6.45) is 0.683. The predicted molar refractivity (Wildman–Crippen MR) is 52.1 cm³/mol. The monoisotopic (exact) mass is 187 g/mol. The van der Waals surface area contributed by atoms with Gasteiger partial charge in [-0.3, -0.25) is 4.79 Å². The van der Waals surface area contributed by atoms with Crippen molar-refractivity contribution in [1.82, 2.24) is 5.32 Å². The highest BCUT2D eigenvalue weighted by molar-refractivity contribution is 5.86. The van der Waals surface area contributed by atoms with Crippen LogP contribution in [0.3, 0.4) is 0 Å². The van der Waals surface area contributed by atoms with Crippen LogP contribution in [0.1, 0.15) is 0 Å². The van der Waals surface area contributed by atoms with Crippen molar-refractivity contribution in [3.05, 3.63) is 12.7 Å². The van der Waals surface area contributed by atoms with E-state index in [1.165, 1.54) is 6.08 Å². The second-order valence-electron chi connectivity index (χ2n) is 4.08. The molecule has 4 nitrogen and oxygen atoms in total. The van der Waals surface area contributed by atoms with E-state index in [2.05, 4.69) is 11.9 Å². The highest BCUT2D eigenvalue weighted by Crippen LogP contribution is 1.93. The zero-order valence-corrected chi connectivity index (χ0v) is 8.58. The van der Waals surface area contributed by atoms with Gasteiger partial charge in [0.2, 0.25) is 5.91 Å². The maximum absolute atomic E-state index is 10.7.